The zero-order chi connectivity index (χ0) is 12.7. The van der Waals surface area contributed by atoms with Gasteiger partial charge in [-0.1, -0.05) is 6.92 Å². The molecular formula is C12H26N4O. The summed E-state index contributed by atoms with van der Waals surface area (Å²) in [6, 6.07) is 0. The van der Waals surface area contributed by atoms with Crippen molar-refractivity contribution in [2.45, 2.75) is 13.3 Å². The van der Waals surface area contributed by atoms with Crippen molar-refractivity contribution in [2.24, 2.45) is 5.73 Å². The number of carbonyl (C=O) groups is 1. The van der Waals surface area contributed by atoms with Gasteiger partial charge in [0.05, 0.1) is 6.54 Å². The molecule has 0 radical (unpaired) electrons. The van der Waals surface area contributed by atoms with Crippen LogP contribution in [0.15, 0.2) is 0 Å². The predicted molar refractivity (Wildman–Crippen MR) is 69.9 cm³/mol. The number of rotatable bonds is 6. The average Bonchev–Trinajstić information content (AvgIpc) is 2.35. The Balaban J connectivity index is 2.31. The van der Waals surface area contributed by atoms with Crippen molar-refractivity contribution in [2.75, 3.05) is 59.4 Å². The third-order valence-electron chi connectivity index (χ3n) is 3.34. The van der Waals surface area contributed by atoms with Gasteiger partial charge < -0.3 is 15.5 Å². The molecule has 1 aliphatic heterocycles. The smallest absolute Gasteiger partial charge is 0.236 e. The third kappa shape index (κ3) is 5.02. The number of hydrogen-bond donors (Lipinski definition) is 1. The van der Waals surface area contributed by atoms with Crippen LogP contribution in [0.5, 0.6) is 0 Å². The second-order valence-electron chi connectivity index (χ2n) is 4.70. The second-order valence-corrected chi connectivity index (χ2v) is 4.70. The molecule has 5 nitrogen and oxygen atoms in total. The lowest BCUT2D eigenvalue weighted by atomic mass is 10.3. The van der Waals surface area contributed by atoms with Crippen molar-refractivity contribution in [3.05, 3.63) is 0 Å². The lowest BCUT2D eigenvalue weighted by molar-refractivity contribution is -0.134. The number of piperazine rings is 1. The SMILES string of the molecule is CCN(CCCN)CC(=O)N1CCN(C)CC1. The van der Waals surface area contributed by atoms with E-state index in [0.29, 0.717) is 13.1 Å². The van der Waals surface area contributed by atoms with Gasteiger partial charge in [-0.15, -0.1) is 0 Å². The maximum atomic E-state index is 12.1. The number of amides is 1. The van der Waals surface area contributed by atoms with Crippen LogP contribution < -0.4 is 5.73 Å². The molecule has 1 heterocycles. The van der Waals surface area contributed by atoms with Crippen LogP contribution in [0.2, 0.25) is 0 Å². The highest BCUT2D eigenvalue weighted by molar-refractivity contribution is 5.78. The fourth-order valence-electron chi connectivity index (χ4n) is 2.01. The molecule has 0 aliphatic carbocycles. The average molecular weight is 242 g/mol. The highest BCUT2D eigenvalue weighted by Crippen LogP contribution is 2.01. The lowest BCUT2D eigenvalue weighted by Gasteiger charge is -2.33. The molecule has 100 valence electrons. The van der Waals surface area contributed by atoms with E-state index in [9.17, 15) is 4.79 Å². The van der Waals surface area contributed by atoms with Gasteiger partial charge in [0.1, 0.15) is 0 Å². The predicted octanol–water partition coefficient (Wildman–Crippen LogP) is -0.569. The summed E-state index contributed by atoms with van der Waals surface area (Å²) in [5.74, 6) is 0.261. The largest absolute Gasteiger partial charge is 0.339 e. The van der Waals surface area contributed by atoms with Gasteiger partial charge in [-0.3, -0.25) is 9.69 Å². The minimum Gasteiger partial charge on any atom is -0.339 e. The first-order chi connectivity index (χ1) is 8.17. The third-order valence-corrected chi connectivity index (χ3v) is 3.34. The first-order valence-corrected chi connectivity index (χ1v) is 6.56. The van der Waals surface area contributed by atoms with Crippen LogP contribution in [-0.4, -0.2) is 80.0 Å². The minimum absolute atomic E-state index is 0.261. The zero-order valence-corrected chi connectivity index (χ0v) is 11.2. The minimum atomic E-state index is 0.261. The Morgan fingerprint density at radius 3 is 2.47 bits per heavy atom. The van der Waals surface area contributed by atoms with Crippen molar-refractivity contribution < 1.29 is 4.79 Å². The van der Waals surface area contributed by atoms with Gasteiger partial charge in [-0.2, -0.15) is 0 Å². The van der Waals surface area contributed by atoms with E-state index in [4.69, 9.17) is 5.73 Å². The summed E-state index contributed by atoms with van der Waals surface area (Å²) in [5.41, 5.74) is 5.49. The molecule has 0 aromatic rings. The van der Waals surface area contributed by atoms with E-state index in [1.54, 1.807) is 0 Å². The van der Waals surface area contributed by atoms with Crippen molar-refractivity contribution in [1.29, 1.82) is 0 Å². The molecule has 0 saturated carbocycles. The zero-order valence-electron chi connectivity index (χ0n) is 11.2. The lowest BCUT2D eigenvalue weighted by Crippen LogP contribution is -2.50. The van der Waals surface area contributed by atoms with Gasteiger partial charge in [-0.25, -0.2) is 0 Å². The van der Waals surface area contributed by atoms with Crippen LogP contribution in [0.3, 0.4) is 0 Å². The van der Waals surface area contributed by atoms with Gasteiger partial charge in [0.2, 0.25) is 5.91 Å². The molecular weight excluding hydrogens is 216 g/mol. The van der Waals surface area contributed by atoms with Gasteiger partial charge in [0.25, 0.3) is 0 Å². The Labute approximate surface area is 105 Å². The van der Waals surface area contributed by atoms with Crippen LogP contribution >= 0.6 is 0 Å². The van der Waals surface area contributed by atoms with Crippen molar-refractivity contribution in [3.63, 3.8) is 0 Å². The summed E-state index contributed by atoms with van der Waals surface area (Å²) >= 11 is 0. The highest BCUT2D eigenvalue weighted by Gasteiger charge is 2.20. The summed E-state index contributed by atoms with van der Waals surface area (Å²) in [6.45, 7) is 8.87. The maximum absolute atomic E-state index is 12.1. The number of hydrogen-bond acceptors (Lipinski definition) is 4. The van der Waals surface area contributed by atoms with Gasteiger partial charge in [0, 0.05) is 26.2 Å². The van der Waals surface area contributed by atoms with Crippen molar-refractivity contribution >= 4 is 5.91 Å². The van der Waals surface area contributed by atoms with E-state index in [2.05, 4.69) is 23.8 Å². The van der Waals surface area contributed by atoms with Crippen LogP contribution in [-0.2, 0) is 4.79 Å². The van der Waals surface area contributed by atoms with Gasteiger partial charge >= 0.3 is 0 Å². The van der Waals surface area contributed by atoms with Gasteiger partial charge in [-0.05, 0) is 33.1 Å². The van der Waals surface area contributed by atoms with E-state index in [1.807, 2.05) is 4.90 Å². The van der Waals surface area contributed by atoms with Crippen molar-refractivity contribution in [3.8, 4) is 0 Å². The molecule has 0 aromatic carbocycles. The summed E-state index contributed by atoms with van der Waals surface area (Å²) in [4.78, 5) is 18.5. The Morgan fingerprint density at radius 1 is 1.29 bits per heavy atom. The summed E-state index contributed by atoms with van der Waals surface area (Å²) in [6.07, 6.45) is 0.962. The van der Waals surface area contributed by atoms with Gasteiger partial charge in [0.15, 0.2) is 0 Å². The standard InChI is InChI=1S/C12H26N4O/c1-3-15(6-4-5-13)11-12(17)16-9-7-14(2)8-10-16/h3-11,13H2,1-2H3. The van der Waals surface area contributed by atoms with E-state index in [-0.39, 0.29) is 5.91 Å². The fraction of sp³-hybridized carbons (Fsp3) is 0.917. The molecule has 1 saturated heterocycles. The summed E-state index contributed by atoms with van der Waals surface area (Å²) < 4.78 is 0. The molecule has 2 N–H and O–H groups in total. The second kappa shape index (κ2) is 7.63. The Kier molecular flexibility index (Phi) is 6.47. The normalized spacial score (nSPS) is 17.8. The molecule has 0 unspecified atom stereocenters. The molecule has 1 rings (SSSR count). The first-order valence-electron chi connectivity index (χ1n) is 6.56. The number of nitrogens with zero attached hydrogens (tertiary/aromatic N) is 3. The summed E-state index contributed by atoms with van der Waals surface area (Å²) in [5, 5.41) is 0. The number of likely N-dealkylation sites (N-methyl/N-ethyl adjacent to an activating group) is 2. The number of carbonyl (C=O) groups excluding carboxylic acids is 1. The Bertz CT molecular complexity index is 227. The molecule has 1 fully saturated rings. The van der Waals surface area contributed by atoms with Crippen LogP contribution in [0, 0.1) is 0 Å². The van der Waals surface area contributed by atoms with Crippen LogP contribution in [0.4, 0.5) is 0 Å². The van der Waals surface area contributed by atoms with Crippen molar-refractivity contribution in [1.82, 2.24) is 14.7 Å². The van der Waals surface area contributed by atoms with Crippen LogP contribution in [0.1, 0.15) is 13.3 Å². The molecule has 5 heteroatoms. The molecule has 1 amide bonds. The molecule has 0 bridgehead atoms. The van der Waals surface area contributed by atoms with Crippen LogP contribution in [0.25, 0.3) is 0 Å². The molecule has 0 spiro atoms. The molecule has 0 atom stereocenters. The molecule has 1 aliphatic rings. The topological polar surface area (TPSA) is 52.8 Å². The maximum Gasteiger partial charge on any atom is 0.236 e. The highest BCUT2D eigenvalue weighted by atomic mass is 16.2. The molecule has 17 heavy (non-hydrogen) atoms. The summed E-state index contributed by atoms with van der Waals surface area (Å²) in [7, 11) is 2.10. The molecule has 0 aromatic heterocycles. The fourth-order valence-corrected chi connectivity index (χ4v) is 2.01. The van der Waals surface area contributed by atoms with E-state index in [0.717, 1.165) is 45.7 Å². The quantitative estimate of drug-likeness (QED) is 0.678. The number of nitrogens with two attached hydrogens (primary N) is 1. The Morgan fingerprint density at radius 2 is 1.94 bits per heavy atom. The van der Waals surface area contributed by atoms with E-state index >= 15 is 0 Å². The first kappa shape index (κ1) is 14.4. The monoisotopic (exact) mass is 242 g/mol. The van der Waals surface area contributed by atoms with E-state index < -0.39 is 0 Å². The Hall–Kier alpha value is -0.650. The van der Waals surface area contributed by atoms with E-state index in [1.165, 1.54) is 0 Å².